The van der Waals surface area contributed by atoms with Crippen LogP contribution in [0.3, 0.4) is 0 Å². The summed E-state index contributed by atoms with van der Waals surface area (Å²) in [6, 6.07) is 4.50. The number of anilines is 1. The van der Waals surface area contributed by atoms with Crippen LogP contribution in [0.5, 0.6) is 11.6 Å². The standard InChI is InChI=1S/C33H52FN7O3/c1-9-41(24(4)5)31(42)26-17-25(34)12-13-28(26)44-30-29(36-22-37-38-30)39-16-14-33(19-39)20-40(21-33)27(23(2)3)11-10-15-35-18-32(6,7)43-8/h12-13,17,22-24,27,35H,9-11,14-16,18-21H2,1-8H3. The second kappa shape index (κ2) is 14.5. The number of carbonyl (C=O) groups is 1. The molecule has 44 heavy (non-hydrogen) atoms. The number of aromatic nitrogens is 3. The molecule has 1 spiro atoms. The number of likely N-dealkylation sites (tertiary alicyclic amines) is 1. The van der Waals surface area contributed by atoms with Gasteiger partial charge in [0.25, 0.3) is 11.8 Å². The molecule has 0 radical (unpaired) electrons. The van der Waals surface area contributed by atoms with Crippen LogP contribution < -0.4 is 15.0 Å². The third kappa shape index (κ3) is 8.03. The second-order valence-electron chi connectivity index (χ2n) is 13.7. The summed E-state index contributed by atoms with van der Waals surface area (Å²) in [4.78, 5) is 24.4. The van der Waals surface area contributed by atoms with Crippen molar-refractivity contribution >= 4 is 11.7 Å². The third-order valence-corrected chi connectivity index (χ3v) is 9.19. The lowest BCUT2D eigenvalue weighted by molar-refractivity contribution is -0.0340. The van der Waals surface area contributed by atoms with Crippen LogP contribution in [0.4, 0.5) is 10.2 Å². The molecule has 2 aromatic rings. The average molecular weight is 614 g/mol. The summed E-state index contributed by atoms with van der Waals surface area (Å²) in [5, 5.41) is 11.8. The van der Waals surface area contributed by atoms with E-state index in [4.69, 9.17) is 9.47 Å². The van der Waals surface area contributed by atoms with Gasteiger partial charge >= 0.3 is 0 Å². The quantitative estimate of drug-likeness (QED) is 0.278. The van der Waals surface area contributed by atoms with Gasteiger partial charge in [-0.25, -0.2) is 9.37 Å². The number of ether oxygens (including phenoxy) is 2. The van der Waals surface area contributed by atoms with Crippen LogP contribution in [0.25, 0.3) is 0 Å². The van der Waals surface area contributed by atoms with Crippen molar-refractivity contribution in [2.24, 2.45) is 11.3 Å². The number of benzene rings is 1. The van der Waals surface area contributed by atoms with E-state index in [1.54, 1.807) is 12.0 Å². The van der Waals surface area contributed by atoms with Crippen molar-refractivity contribution in [1.82, 2.24) is 30.3 Å². The molecule has 1 unspecified atom stereocenters. The Labute approximate surface area is 262 Å². The number of methoxy groups -OCH3 is 1. The van der Waals surface area contributed by atoms with Gasteiger partial charge < -0.3 is 24.6 Å². The summed E-state index contributed by atoms with van der Waals surface area (Å²) in [6.45, 7) is 20.7. The van der Waals surface area contributed by atoms with Crippen molar-refractivity contribution in [3.05, 3.63) is 35.9 Å². The lowest BCUT2D eigenvalue weighted by atomic mass is 9.76. The average Bonchev–Trinajstić information content (AvgIpc) is 3.41. The van der Waals surface area contributed by atoms with Gasteiger partial charge in [0.1, 0.15) is 17.9 Å². The Hall–Kier alpha value is -2.89. The van der Waals surface area contributed by atoms with Crippen LogP contribution in [-0.2, 0) is 4.74 Å². The topological polar surface area (TPSA) is 96.0 Å². The lowest BCUT2D eigenvalue weighted by Gasteiger charge is -2.53. The summed E-state index contributed by atoms with van der Waals surface area (Å²) in [7, 11) is 1.76. The minimum atomic E-state index is -0.500. The maximum atomic E-state index is 14.3. The van der Waals surface area contributed by atoms with Gasteiger partial charge in [0.05, 0.1) is 11.2 Å². The Morgan fingerprint density at radius 3 is 2.61 bits per heavy atom. The van der Waals surface area contributed by atoms with E-state index >= 15 is 0 Å². The van der Waals surface area contributed by atoms with E-state index in [9.17, 15) is 9.18 Å². The molecule has 3 heterocycles. The molecule has 1 atom stereocenters. The van der Waals surface area contributed by atoms with Crippen LogP contribution in [0.2, 0.25) is 0 Å². The van der Waals surface area contributed by atoms with Crippen LogP contribution in [0, 0.1) is 17.2 Å². The number of nitrogens with one attached hydrogen (secondary N) is 1. The molecule has 2 aliphatic heterocycles. The largest absolute Gasteiger partial charge is 0.434 e. The summed E-state index contributed by atoms with van der Waals surface area (Å²) in [6.07, 6.45) is 4.78. The molecule has 0 aliphatic carbocycles. The van der Waals surface area contributed by atoms with E-state index in [1.165, 1.54) is 24.5 Å². The van der Waals surface area contributed by atoms with Gasteiger partial charge in [0.15, 0.2) is 5.82 Å². The number of nitrogens with zero attached hydrogens (tertiary/aromatic N) is 6. The van der Waals surface area contributed by atoms with Crippen LogP contribution in [0.1, 0.15) is 78.1 Å². The predicted molar refractivity (Wildman–Crippen MR) is 171 cm³/mol. The molecule has 4 rings (SSSR count). The first kappa shape index (κ1) is 34.0. The number of carbonyl (C=O) groups excluding carboxylic acids is 1. The first-order valence-electron chi connectivity index (χ1n) is 16.1. The number of halogens is 1. The van der Waals surface area contributed by atoms with Crippen molar-refractivity contribution in [2.45, 2.75) is 85.4 Å². The molecule has 1 amide bonds. The SMILES string of the molecule is CCN(C(=O)c1cc(F)ccc1Oc1nncnc1N1CCC2(C1)CN(C(CCCNCC(C)(C)OC)C(C)C)C2)C(C)C. The molecule has 1 aromatic carbocycles. The highest BCUT2D eigenvalue weighted by Crippen LogP contribution is 2.44. The van der Waals surface area contributed by atoms with E-state index in [0.717, 1.165) is 58.5 Å². The Bertz CT molecular complexity index is 1250. The van der Waals surface area contributed by atoms with Crippen LogP contribution in [-0.4, -0.2) is 101 Å². The van der Waals surface area contributed by atoms with Gasteiger partial charge in [0, 0.05) is 63.9 Å². The van der Waals surface area contributed by atoms with Gasteiger partial charge in [-0.2, -0.15) is 0 Å². The Kier molecular flexibility index (Phi) is 11.2. The highest BCUT2D eigenvalue weighted by atomic mass is 19.1. The Morgan fingerprint density at radius 2 is 1.95 bits per heavy atom. The van der Waals surface area contributed by atoms with Gasteiger partial charge in [-0.05, 0) is 84.5 Å². The summed E-state index contributed by atoms with van der Waals surface area (Å²) in [5.41, 5.74) is 0.205. The predicted octanol–water partition coefficient (Wildman–Crippen LogP) is 5.01. The van der Waals surface area contributed by atoms with Crippen LogP contribution >= 0.6 is 0 Å². The number of rotatable bonds is 15. The van der Waals surface area contributed by atoms with E-state index in [1.807, 2.05) is 20.8 Å². The molecule has 244 valence electrons. The third-order valence-electron chi connectivity index (χ3n) is 9.19. The normalized spacial score (nSPS) is 17.4. The number of hydrogen-bond acceptors (Lipinski definition) is 9. The summed E-state index contributed by atoms with van der Waals surface area (Å²) >= 11 is 0. The van der Waals surface area contributed by atoms with E-state index < -0.39 is 5.82 Å². The van der Waals surface area contributed by atoms with Crippen molar-refractivity contribution in [2.75, 3.05) is 57.8 Å². The molecule has 1 aromatic heterocycles. The van der Waals surface area contributed by atoms with E-state index in [-0.39, 0.29) is 40.2 Å². The molecular weight excluding hydrogens is 561 g/mol. The Morgan fingerprint density at radius 1 is 1.20 bits per heavy atom. The van der Waals surface area contributed by atoms with E-state index in [2.05, 4.69) is 58.0 Å². The smallest absolute Gasteiger partial charge is 0.282 e. The fourth-order valence-corrected chi connectivity index (χ4v) is 6.56. The highest BCUT2D eigenvalue weighted by molar-refractivity contribution is 5.97. The van der Waals surface area contributed by atoms with E-state index in [0.29, 0.717) is 24.3 Å². The van der Waals surface area contributed by atoms with Crippen molar-refractivity contribution < 1.29 is 18.7 Å². The van der Waals surface area contributed by atoms with Crippen molar-refractivity contribution in [3.63, 3.8) is 0 Å². The van der Waals surface area contributed by atoms with Gasteiger partial charge in [-0.15, -0.1) is 10.2 Å². The second-order valence-corrected chi connectivity index (χ2v) is 13.7. The highest BCUT2D eigenvalue weighted by Gasteiger charge is 2.50. The maximum absolute atomic E-state index is 14.3. The number of hydrogen-bond donors (Lipinski definition) is 1. The van der Waals surface area contributed by atoms with Gasteiger partial charge in [-0.3, -0.25) is 9.69 Å². The molecule has 10 nitrogen and oxygen atoms in total. The lowest BCUT2D eigenvalue weighted by Crippen LogP contribution is -2.62. The summed E-state index contributed by atoms with van der Waals surface area (Å²) in [5.74, 6) is 0.846. The van der Waals surface area contributed by atoms with Crippen molar-refractivity contribution in [3.8, 4) is 11.6 Å². The molecule has 1 N–H and O–H groups in total. The molecule has 0 bridgehead atoms. The zero-order valence-electron chi connectivity index (χ0n) is 27.9. The molecule has 11 heteroatoms. The molecule has 0 saturated carbocycles. The van der Waals surface area contributed by atoms with Crippen LogP contribution in [0.15, 0.2) is 24.5 Å². The Balaban J connectivity index is 1.39. The minimum absolute atomic E-state index is 0.0412. The fraction of sp³-hybridized carbons (Fsp3) is 0.697. The fourth-order valence-electron chi connectivity index (χ4n) is 6.56. The van der Waals surface area contributed by atoms with Gasteiger partial charge in [-0.1, -0.05) is 13.8 Å². The first-order valence-corrected chi connectivity index (χ1v) is 16.1. The van der Waals surface area contributed by atoms with Gasteiger partial charge in [0.2, 0.25) is 0 Å². The zero-order valence-corrected chi connectivity index (χ0v) is 27.9. The molecule has 2 fully saturated rings. The molecular formula is C33H52FN7O3. The molecule has 2 saturated heterocycles. The van der Waals surface area contributed by atoms with Crippen molar-refractivity contribution in [1.29, 1.82) is 0 Å². The first-order chi connectivity index (χ1) is 20.9. The number of amides is 1. The summed E-state index contributed by atoms with van der Waals surface area (Å²) < 4.78 is 26.0. The maximum Gasteiger partial charge on any atom is 0.282 e. The zero-order chi connectivity index (χ0) is 32.1. The minimum Gasteiger partial charge on any atom is -0.434 e. The molecule has 2 aliphatic rings. The monoisotopic (exact) mass is 613 g/mol.